The molecular formula is C24H36O4S. The molecule has 3 atom stereocenters. The predicted molar refractivity (Wildman–Crippen MR) is 117 cm³/mol. The summed E-state index contributed by atoms with van der Waals surface area (Å²) < 4.78 is 32.7. The fourth-order valence-electron chi connectivity index (χ4n) is 5.51. The third-order valence-corrected chi connectivity index (χ3v) is 9.15. The zero-order valence-electron chi connectivity index (χ0n) is 19.3. The van der Waals surface area contributed by atoms with E-state index in [0.29, 0.717) is 5.75 Å². The third kappa shape index (κ3) is 3.24. The van der Waals surface area contributed by atoms with Crippen LogP contribution in [-0.2, 0) is 25.7 Å². The molecule has 0 aromatic heterocycles. The number of Topliss-reactive ketones (excluding diaryl/α,β-unsaturated/α-hetero) is 1. The zero-order chi connectivity index (χ0) is 22.2. The molecule has 0 heterocycles. The second-order valence-corrected chi connectivity index (χ2v) is 13.4. The largest absolute Gasteiger partial charge is 0.382 e. The summed E-state index contributed by atoms with van der Waals surface area (Å²) >= 11 is 0. The van der Waals surface area contributed by atoms with Crippen LogP contribution in [0, 0.1) is 16.7 Å². The Kier molecular flexibility index (Phi) is 4.87. The average Bonchev–Trinajstić information content (AvgIpc) is 2.84. The minimum absolute atomic E-state index is 0.163. The second kappa shape index (κ2) is 6.32. The minimum atomic E-state index is -4.10. The standard InChI is InChI=1S/C24H36O4S/c1-21(2,3)15-11-10-12-17(18(15)22(4,5)6)28-29(26,27)19-16-13-14-24(9,20(19)25)23(16,7)8/h10-12,16,19H,13-14H2,1-9H3. The summed E-state index contributed by atoms with van der Waals surface area (Å²) in [4.78, 5) is 13.2. The van der Waals surface area contributed by atoms with Crippen molar-refractivity contribution in [3.8, 4) is 5.75 Å². The van der Waals surface area contributed by atoms with E-state index in [1.54, 1.807) is 6.07 Å². The van der Waals surface area contributed by atoms with E-state index >= 15 is 0 Å². The lowest BCUT2D eigenvalue weighted by Gasteiger charge is -2.32. The molecule has 2 fully saturated rings. The number of carbonyl (C=O) groups is 1. The zero-order valence-corrected chi connectivity index (χ0v) is 20.2. The Hall–Kier alpha value is -1.36. The van der Waals surface area contributed by atoms with Crippen molar-refractivity contribution in [2.24, 2.45) is 16.7 Å². The van der Waals surface area contributed by atoms with Gasteiger partial charge in [0.05, 0.1) is 0 Å². The topological polar surface area (TPSA) is 60.4 Å². The molecule has 3 unspecified atom stereocenters. The average molecular weight is 421 g/mol. The summed E-state index contributed by atoms with van der Waals surface area (Å²) in [6, 6.07) is 5.60. The monoisotopic (exact) mass is 420 g/mol. The smallest absolute Gasteiger partial charge is 0.319 e. The number of rotatable bonds is 3. The van der Waals surface area contributed by atoms with Crippen LogP contribution in [-0.4, -0.2) is 19.5 Å². The summed E-state index contributed by atoms with van der Waals surface area (Å²) in [6.07, 6.45) is 1.50. The Bertz CT molecular complexity index is 944. The van der Waals surface area contributed by atoms with Crippen LogP contribution in [0.1, 0.15) is 86.3 Å². The van der Waals surface area contributed by atoms with Crippen molar-refractivity contribution >= 4 is 15.9 Å². The van der Waals surface area contributed by atoms with Crippen LogP contribution in [0.25, 0.3) is 0 Å². The molecule has 0 aliphatic heterocycles. The number of carbonyl (C=O) groups excluding carboxylic acids is 1. The van der Waals surface area contributed by atoms with Gasteiger partial charge in [-0.25, -0.2) is 0 Å². The van der Waals surface area contributed by atoms with E-state index in [4.69, 9.17) is 4.18 Å². The molecule has 2 aliphatic carbocycles. The van der Waals surface area contributed by atoms with Crippen molar-refractivity contribution in [3.05, 3.63) is 29.3 Å². The van der Waals surface area contributed by atoms with Gasteiger partial charge < -0.3 is 4.18 Å². The van der Waals surface area contributed by atoms with Crippen LogP contribution in [0.5, 0.6) is 5.75 Å². The van der Waals surface area contributed by atoms with Crippen LogP contribution < -0.4 is 4.18 Å². The Morgan fingerprint density at radius 3 is 2.03 bits per heavy atom. The summed E-state index contributed by atoms with van der Waals surface area (Å²) in [6.45, 7) is 18.5. The molecule has 0 saturated heterocycles. The van der Waals surface area contributed by atoms with E-state index in [9.17, 15) is 13.2 Å². The molecule has 1 aromatic carbocycles. The fraction of sp³-hybridized carbons (Fsp3) is 0.708. The molecule has 4 nitrogen and oxygen atoms in total. The quantitative estimate of drug-likeness (QED) is 0.616. The van der Waals surface area contributed by atoms with Crippen molar-refractivity contribution in [1.29, 1.82) is 0 Å². The first kappa shape index (κ1) is 22.3. The lowest BCUT2D eigenvalue weighted by atomic mass is 9.70. The highest BCUT2D eigenvalue weighted by Crippen LogP contribution is 2.65. The SMILES string of the molecule is CC(C)(C)c1cccc(OS(=O)(=O)C2C(=O)C3(C)CCC2C3(C)C)c1C(C)(C)C. The first-order chi connectivity index (χ1) is 12.9. The molecule has 3 rings (SSSR count). The van der Waals surface area contributed by atoms with E-state index in [0.717, 1.165) is 24.0 Å². The summed E-state index contributed by atoms with van der Waals surface area (Å²) in [5.41, 5.74) is 0.535. The Labute approximate surface area is 176 Å². The number of hydrogen-bond acceptors (Lipinski definition) is 4. The molecule has 1 aromatic rings. The second-order valence-electron chi connectivity index (χ2n) is 11.7. The normalized spacial score (nSPS) is 29.3. The molecule has 2 saturated carbocycles. The van der Waals surface area contributed by atoms with Gasteiger partial charge in [0.1, 0.15) is 5.75 Å². The maximum absolute atomic E-state index is 13.4. The lowest BCUT2D eigenvalue weighted by Crippen LogP contribution is -2.41. The van der Waals surface area contributed by atoms with Gasteiger partial charge in [-0.3, -0.25) is 4.79 Å². The molecule has 2 aliphatic rings. The molecule has 0 radical (unpaired) electrons. The molecular weight excluding hydrogens is 384 g/mol. The first-order valence-electron chi connectivity index (χ1n) is 10.6. The number of ketones is 1. The first-order valence-corrected chi connectivity index (χ1v) is 12.0. The summed E-state index contributed by atoms with van der Waals surface area (Å²) in [5, 5.41) is -1.08. The van der Waals surface area contributed by atoms with Crippen molar-refractivity contribution in [3.63, 3.8) is 0 Å². The van der Waals surface area contributed by atoms with Gasteiger partial charge in [-0.15, -0.1) is 0 Å². The number of fused-ring (bicyclic) bond motifs is 2. The maximum Gasteiger partial charge on any atom is 0.319 e. The fourth-order valence-corrected chi connectivity index (χ4v) is 7.41. The van der Waals surface area contributed by atoms with Crippen molar-refractivity contribution in [2.75, 3.05) is 0 Å². The van der Waals surface area contributed by atoms with Crippen molar-refractivity contribution in [2.45, 2.75) is 91.2 Å². The number of benzene rings is 1. The molecule has 2 bridgehead atoms. The van der Waals surface area contributed by atoms with Gasteiger partial charge in [0.15, 0.2) is 11.0 Å². The molecule has 0 spiro atoms. The van der Waals surface area contributed by atoms with E-state index in [1.807, 2.05) is 32.9 Å². The predicted octanol–water partition coefficient (Wildman–Crippen LogP) is 5.38. The Morgan fingerprint density at radius 1 is 1.00 bits per heavy atom. The lowest BCUT2D eigenvalue weighted by molar-refractivity contribution is -0.128. The highest BCUT2D eigenvalue weighted by molar-refractivity contribution is 7.88. The van der Waals surface area contributed by atoms with Gasteiger partial charge in [-0.2, -0.15) is 8.42 Å². The summed E-state index contributed by atoms with van der Waals surface area (Å²) in [7, 11) is -4.10. The number of hydrogen-bond donors (Lipinski definition) is 0. The Balaban J connectivity index is 2.09. The maximum atomic E-state index is 13.4. The van der Waals surface area contributed by atoms with Gasteiger partial charge in [0.25, 0.3) is 0 Å². The Morgan fingerprint density at radius 2 is 1.59 bits per heavy atom. The van der Waals surface area contributed by atoms with Crippen LogP contribution in [0.2, 0.25) is 0 Å². The van der Waals surface area contributed by atoms with Gasteiger partial charge in [0.2, 0.25) is 0 Å². The highest BCUT2D eigenvalue weighted by Gasteiger charge is 2.70. The molecule has 162 valence electrons. The van der Waals surface area contributed by atoms with Crippen LogP contribution in [0.3, 0.4) is 0 Å². The minimum Gasteiger partial charge on any atom is -0.382 e. The highest BCUT2D eigenvalue weighted by atomic mass is 32.2. The molecule has 5 heteroatoms. The van der Waals surface area contributed by atoms with Crippen LogP contribution in [0.4, 0.5) is 0 Å². The third-order valence-electron chi connectivity index (χ3n) is 7.57. The van der Waals surface area contributed by atoms with E-state index in [-0.39, 0.29) is 27.9 Å². The van der Waals surface area contributed by atoms with E-state index < -0.39 is 20.8 Å². The van der Waals surface area contributed by atoms with Gasteiger partial charge in [0, 0.05) is 11.0 Å². The van der Waals surface area contributed by atoms with E-state index in [1.165, 1.54) is 0 Å². The van der Waals surface area contributed by atoms with Crippen molar-refractivity contribution < 1.29 is 17.4 Å². The van der Waals surface area contributed by atoms with Gasteiger partial charge >= 0.3 is 10.1 Å². The van der Waals surface area contributed by atoms with Crippen molar-refractivity contribution in [1.82, 2.24) is 0 Å². The van der Waals surface area contributed by atoms with Gasteiger partial charge in [-0.05, 0) is 46.6 Å². The summed E-state index contributed by atoms with van der Waals surface area (Å²) in [5.74, 6) is -0.0274. The molecule has 29 heavy (non-hydrogen) atoms. The molecule has 0 amide bonds. The van der Waals surface area contributed by atoms with Crippen LogP contribution >= 0.6 is 0 Å². The van der Waals surface area contributed by atoms with E-state index in [2.05, 4.69) is 41.5 Å². The van der Waals surface area contributed by atoms with Crippen LogP contribution in [0.15, 0.2) is 18.2 Å². The molecule has 0 N–H and O–H groups in total. The van der Waals surface area contributed by atoms with Gasteiger partial charge in [-0.1, -0.05) is 74.4 Å².